The fraction of sp³-hybridized carbons (Fsp3) is 0.130. The maximum Gasteiger partial charge on any atom is 0.152 e. The number of pyridine rings is 1. The predicted octanol–water partition coefficient (Wildman–Crippen LogP) is 5.13. The molecule has 0 atom stereocenters. The van der Waals surface area contributed by atoms with E-state index in [9.17, 15) is 0 Å². The normalized spacial score (nSPS) is 11.6. The van der Waals surface area contributed by atoms with E-state index in [0.29, 0.717) is 18.2 Å². The van der Waals surface area contributed by atoms with Gasteiger partial charge in [0.25, 0.3) is 0 Å². The van der Waals surface area contributed by atoms with Crippen molar-refractivity contribution in [1.29, 1.82) is 0 Å². The summed E-state index contributed by atoms with van der Waals surface area (Å²) >= 11 is 0. The van der Waals surface area contributed by atoms with Crippen molar-refractivity contribution < 1.29 is 13.9 Å². The molecule has 2 aromatic heterocycles. The predicted molar refractivity (Wildman–Crippen MR) is 109 cm³/mol. The standard InChI is InChI=1S/C23H20N2O3/c1-3-27-18-11-12-21-19(14-18)20(25-23-6-4-5-13-24-23)15-22(28-21)16-7-9-17(26-2)10-8-16/h4-15H,3H2,1-2H3/b25-20+. The quantitative estimate of drug-likeness (QED) is 0.487. The zero-order chi connectivity index (χ0) is 19.3. The molecule has 0 amide bonds. The Labute approximate surface area is 162 Å². The summed E-state index contributed by atoms with van der Waals surface area (Å²) in [5, 5.41) is 1.64. The van der Waals surface area contributed by atoms with Crippen LogP contribution in [0.3, 0.4) is 0 Å². The van der Waals surface area contributed by atoms with Crippen LogP contribution >= 0.6 is 0 Å². The zero-order valence-corrected chi connectivity index (χ0v) is 15.8. The van der Waals surface area contributed by atoms with Gasteiger partial charge >= 0.3 is 0 Å². The molecule has 0 bridgehead atoms. The smallest absolute Gasteiger partial charge is 0.152 e. The summed E-state index contributed by atoms with van der Waals surface area (Å²) < 4.78 is 17.0. The minimum absolute atomic E-state index is 0.597. The van der Waals surface area contributed by atoms with E-state index in [0.717, 1.165) is 33.4 Å². The highest BCUT2D eigenvalue weighted by Gasteiger charge is 2.08. The molecule has 5 nitrogen and oxygen atoms in total. The van der Waals surface area contributed by atoms with Crippen molar-refractivity contribution in [3.63, 3.8) is 0 Å². The third-order valence-electron chi connectivity index (χ3n) is 4.28. The highest BCUT2D eigenvalue weighted by molar-refractivity contribution is 5.80. The summed E-state index contributed by atoms with van der Waals surface area (Å²) in [5.74, 6) is 2.93. The molecule has 0 spiro atoms. The summed E-state index contributed by atoms with van der Waals surface area (Å²) in [6.07, 6.45) is 1.73. The molecule has 0 N–H and O–H groups in total. The molecule has 4 rings (SSSR count). The number of benzene rings is 2. The molecule has 28 heavy (non-hydrogen) atoms. The van der Waals surface area contributed by atoms with Crippen molar-refractivity contribution in [3.05, 3.63) is 78.3 Å². The number of rotatable bonds is 5. The first kappa shape index (κ1) is 17.8. The second kappa shape index (κ2) is 7.96. The Kier molecular flexibility index (Phi) is 5.06. The third kappa shape index (κ3) is 3.74. The summed E-state index contributed by atoms with van der Waals surface area (Å²) in [5.41, 5.74) is 1.67. The van der Waals surface area contributed by atoms with Gasteiger partial charge in [-0.05, 0) is 61.5 Å². The first-order valence-electron chi connectivity index (χ1n) is 9.07. The zero-order valence-electron chi connectivity index (χ0n) is 15.8. The lowest BCUT2D eigenvalue weighted by molar-refractivity contribution is 0.340. The van der Waals surface area contributed by atoms with Crippen molar-refractivity contribution in [3.8, 4) is 22.8 Å². The van der Waals surface area contributed by atoms with Crippen LogP contribution < -0.4 is 14.8 Å². The number of hydrogen-bond donors (Lipinski definition) is 0. The summed E-state index contributed by atoms with van der Waals surface area (Å²) in [4.78, 5) is 9.06. The van der Waals surface area contributed by atoms with Crippen LogP contribution in [-0.2, 0) is 0 Å². The Morgan fingerprint density at radius 1 is 0.964 bits per heavy atom. The van der Waals surface area contributed by atoms with Gasteiger partial charge in [-0.1, -0.05) is 6.07 Å². The number of nitrogens with zero attached hydrogens (tertiary/aromatic N) is 2. The van der Waals surface area contributed by atoms with Crippen LogP contribution in [0.1, 0.15) is 6.92 Å². The molecule has 0 unspecified atom stereocenters. The fourth-order valence-corrected chi connectivity index (χ4v) is 2.94. The average Bonchev–Trinajstić information content (AvgIpc) is 2.75. The Morgan fingerprint density at radius 2 is 1.79 bits per heavy atom. The molecule has 0 aliphatic carbocycles. The minimum Gasteiger partial charge on any atom is -0.497 e. The molecule has 0 fully saturated rings. The molecular weight excluding hydrogens is 352 g/mol. The highest BCUT2D eigenvalue weighted by Crippen LogP contribution is 2.26. The molecule has 0 aliphatic heterocycles. The molecule has 0 saturated heterocycles. The maximum absolute atomic E-state index is 6.16. The lowest BCUT2D eigenvalue weighted by atomic mass is 10.1. The van der Waals surface area contributed by atoms with Crippen LogP contribution in [0.4, 0.5) is 5.82 Å². The molecule has 0 radical (unpaired) electrons. The Bertz CT molecular complexity index is 1150. The molecule has 0 saturated carbocycles. The number of hydrogen-bond acceptors (Lipinski definition) is 5. The van der Waals surface area contributed by atoms with E-state index in [4.69, 9.17) is 18.9 Å². The Morgan fingerprint density at radius 3 is 2.50 bits per heavy atom. The van der Waals surface area contributed by atoms with Gasteiger partial charge in [-0.15, -0.1) is 0 Å². The van der Waals surface area contributed by atoms with Gasteiger partial charge in [-0.3, -0.25) is 0 Å². The van der Waals surface area contributed by atoms with Crippen molar-refractivity contribution in [1.82, 2.24) is 4.98 Å². The van der Waals surface area contributed by atoms with Crippen molar-refractivity contribution >= 4 is 16.8 Å². The van der Waals surface area contributed by atoms with E-state index in [2.05, 4.69) is 4.98 Å². The summed E-state index contributed by atoms with van der Waals surface area (Å²) in [6, 6.07) is 21.1. The van der Waals surface area contributed by atoms with Gasteiger partial charge < -0.3 is 13.9 Å². The second-order valence-corrected chi connectivity index (χ2v) is 6.12. The lowest BCUT2D eigenvalue weighted by Gasteiger charge is -2.08. The largest absolute Gasteiger partial charge is 0.497 e. The van der Waals surface area contributed by atoms with Gasteiger partial charge in [0.15, 0.2) is 5.82 Å². The van der Waals surface area contributed by atoms with Crippen LogP contribution in [-0.4, -0.2) is 18.7 Å². The van der Waals surface area contributed by atoms with E-state index in [-0.39, 0.29) is 0 Å². The molecule has 2 aromatic carbocycles. The highest BCUT2D eigenvalue weighted by atomic mass is 16.5. The van der Waals surface area contributed by atoms with E-state index in [1.165, 1.54) is 0 Å². The van der Waals surface area contributed by atoms with Crippen LogP contribution in [0, 0.1) is 0 Å². The SMILES string of the molecule is CCOc1ccc2oc(-c3ccc(OC)cc3)c/c(=N\c3ccccn3)c2c1. The van der Waals surface area contributed by atoms with E-state index >= 15 is 0 Å². The van der Waals surface area contributed by atoms with Gasteiger partial charge in [0.05, 0.1) is 19.1 Å². The van der Waals surface area contributed by atoms with E-state index < -0.39 is 0 Å². The Balaban J connectivity index is 1.93. The summed E-state index contributed by atoms with van der Waals surface area (Å²) in [7, 11) is 1.65. The van der Waals surface area contributed by atoms with Crippen LogP contribution in [0.25, 0.3) is 22.3 Å². The minimum atomic E-state index is 0.597. The first-order valence-corrected chi connectivity index (χ1v) is 9.07. The van der Waals surface area contributed by atoms with Crippen LogP contribution in [0.5, 0.6) is 11.5 Å². The Hall–Kier alpha value is -3.60. The van der Waals surface area contributed by atoms with Gasteiger partial charge in [-0.25, -0.2) is 9.98 Å². The van der Waals surface area contributed by atoms with E-state index in [1.54, 1.807) is 13.3 Å². The molecule has 4 aromatic rings. The average molecular weight is 372 g/mol. The third-order valence-corrected chi connectivity index (χ3v) is 4.28. The van der Waals surface area contributed by atoms with Crippen molar-refractivity contribution in [2.24, 2.45) is 4.99 Å². The number of methoxy groups -OCH3 is 1. The topological polar surface area (TPSA) is 56.9 Å². The number of fused-ring (bicyclic) bond motifs is 1. The monoisotopic (exact) mass is 372 g/mol. The second-order valence-electron chi connectivity index (χ2n) is 6.12. The fourth-order valence-electron chi connectivity index (χ4n) is 2.94. The van der Waals surface area contributed by atoms with E-state index in [1.807, 2.05) is 73.7 Å². The van der Waals surface area contributed by atoms with Gasteiger partial charge in [-0.2, -0.15) is 0 Å². The van der Waals surface area contributed by atoms with Gasteiger partial charge in [0.1, 0.15) is 22.8 Å². The van der Waals surface area contributed by atoms with Crippen LogP contribution in [0.15, 0.2) is 82.3 Å². The maximum atomic E-state index is 6.16. The van der Waals surface area contributed by atoms with Crippen molar-refractivity contribution in [2.75, 3.05) is 13.7 Å². The van der Waals surface area contributed by atoms with Crippen LogP contribution in [0.2, 0.25) is 0 Å². The van der Waals surface area contributed by atoms with Crippen molar-refractivity contribution in [2.45, 2.75) is 6.92 Å². The first-order chi connectivity index (χ1) is 13.8. The molecular formula is C23H20N2O3. The molecule has 5 heteroatoms. The molecule has 140 valence electrons. The van der Waals surface area contributed by atoms with Gasteiger partial charge in [0, 0.05) is 23.2 Å². The number of ether oxygens (including phenoxy) is 2. The summed E-state index contributed by atoms with van der Waals surface area (Å²) in [6.45, 7) is 2.56. The molecule has 0 aliphatic rings. The molecule has 2 heterocycles. The van der Waals surface area contributed by atoms with Gasteiger partial charge in [0.2, 0.25) is 0 Å². The number of aromatic nitrogens is 1. The lowest BCUT2D eigenvalue weighted by Crippen LogP contribution is -2.04.